The summed E-state index contributed by atoms with van der Waals surface area (Å²) in [5.74, 6) is -0.314. The van der Waals surface area contributed by atoms with E-state index in [4.69, 9.17) is 0 Å². The van der Waals surface area contributed by atoms with Crippen molar-refractivity contribution in [3.63, 3.8) is 0 Å². The van der Waals surface area contributed by atoms with E-state index in [-0.39, 0.29) is 17.4 Å². The third-order valence-electron chi connectivity index (χ3n) is 5.86. The first-order chi connectivity index (χ1) is 16.7. The molecule has 1 saturated carbocycles. The molecule has 1 N–H and O–H groups in total. The van der Waals surface area contributed by atoms with Crippen LogP contribution in [0.4, 0.5) is 18.9 Å². The largest absolute Gasteiger partial charge is 0.416 e. The normalized spacial score (nSPS) is 13.6. The van der Waals surface area contributed by atoms with E-state index >= 15 is 0 Å². The van der Waals surface area contributed by atoms with E-state index in [0.717, 1.165) is 25.0 Å². The molecule has 0 aliphatic heterocycles. The lowest BCUT2D eigenvalue weighted by Crippen LogP contribution is -2.15. The van der Waals surface area contributed by atoms with E-state index in [1.54, 1.807) is 48.3 Å². The Hall–Kier alpha value is -4.21. The van der Waals surface area contributed by atoms with Crippen molar-refractivity contribution in [2.75, 3.05) is 5.32 Å². The Balaban J connectivity index is 1.39. The second-order valence-corrected chi connectivity index (χ2v) is 8.40. The average molecular weight is 479 g/mol. The maximum atomic E-state index is 13.2. The highest BCUT2D eigenvalue weighted by molar-refractivity contribution is 6.08. The number of anilines is 1. The minimum absolute atomic E-state index is 0.0468. The van der Waals surface area contributed by atoms with Crippen molar-refractivity contribution < 1.29 is 22.8 Å². The Morgan fingerprint density at radius 3 is 2.46 bits per heavy atom. The lowest BCUT2D eigenvalue weighted by molar-refractivity contribution is -0.137. The lowest BCUT2D eigenvalue weighted by Gasteiger charge is -2.12. The van der Waals surface area contributed by atoms with Gasteiger partial charge in [0.2, 0.25) is 5.78 Å². The number of carbonyl (C=O) groups is 2. The molecule has 1 aliphatic rings. The van der Waals surface area contributed by atoms with Crippen molar-refractivity contribution >= 4 is 17.4 Å². The average Bonchev–Trinajstić information content (AvgIpc) is 3.42. The molecule has 1 amide bonds. The minimum atomic E-state index is -4.48. The number of alkyl halides is 3. The predicted octanol–water partition coefficient (Wildman–Crippen LogP) is 4.99. The van der Waals surface area contributed by atoms with Gasteiger partial charge < -0.3 is 9.88 Å². The molecule has 0 unspecified atom stereocenters. The number of aromatic nitrogens is 4. The molecule has 0 atom stereocenters. The van der Waals surface area contributed by atoms with E-state index in [9.17, 15) is 22.8 Å². The van der Waals surface area contributed by atoms with E-state index in [1.807, 2.05) is 0 Å². The molecule has 178 valence electrons. The Morgan fingerprint density at radius 1 is 1.09 bits per heavy atom. The van der Waals surface area contributed by atoms with Crippen LogP contribution in [0, 0.1) is 0 Å². The van der Waals surface area contributed by atoms with E-state index < -0.39 is 17.6 Å². The Kier molecular flexibility index (Phi) is 5.50. The molecular weight excluding hydrogens is 459 g/mol. The Morgan fingerprint density at radius 2 is 1.83 bits per heavy atom. The number of carbonyl (C=O) groups excluding carboxylic acids is 2. The zero-order valence-corrected chi connectivity index (χ0v) is 18.6. The summed E-state index contributed by atoms with van der Waals surface area (Å²) in [6, 6.07) is 11.3. The molecule has 1 aliphatic carbocycles. The fraction of sp³-hybridized carbons (Fsp3) is 0.200. The van der Waals surface area contributed by atoms with Gasteiger partial charge in [-0.3, -0.25) is 9.59 Å². The van der Waals surface area contributed by atoms with Gasteiger partial charge in [-0.15, -0.1) is 0 Å². The molecule has 1 fully saturated rings. The number of amides is 1. The van der Waals surface area contributed by atoms with Crippen LogP contribution >= 0.6 is 0 Å². The number of rotatable bonds is 6. The number of aryl methyl sites for hydroxylation is 1. The van der Waals surface area contributed by atoms with Gasteiger partial charge in [-0.2, -0.15) is 18.3 Å². The van der Waals surface area contributed by atoms with Gasteiger partial charge in [0.15, 0.2) is 5.82 Å². The molecule has 0 saturated heterocycles. The molecule has 0 bridgehead atoms. The molecule has 2 aromatic heterocycles. The van der Waals surface area contributed by atoms with Crippen molar-refractivity contribution in [3.8, 4) is 5.69 Å². The van der Waals surface area contributed by atoms with Crippen LogP contribution in [-0.2, 0) is 13.2 Å². The molecule has 2 heterocycles. The fourth-order valence-corrected chi connectivity index (χ4v) is 3.92. The van der Waals surface area contributed by atoms with Gasteiger partial charge in [-0.1, -0.05) is 6.07 Å². The fourth-order valence-electron chi connectivity index (χ4n) is 3.92. The molecule has 0 radical (unpaired) electrons. The number of benzene rings is 2. The van der Waals surface area contributed by atoms with Crippen LogP contribution in [0.3, 0.4) is 0 Å². The summed E-state index contributed by atoms with van der Waals surface area (Å²) in [5, 5.41) is 7.03. The molecule has 4 aromatic rings. The van der Waals surface area contributed by atoms with E-state index in [2.05, 4.69) is 15.4 Å². The van der Waals surface area contributed by atoms with Crippen LogP contribution in [0.15, 0.2) is 67.1 Å². The third-order valence-corrected chi connectivity index (χ3v) is 5.86. The van der Waals surface area contributed by atoms with Crippen molar-refractivity contribution in [2.24, 2.45) is 7.05 Å². The molecule has 7 nitrogen and oxygen atoms in total. The highest BCUT2D eigenvalue weighted by Crippen LogP contribution is 2.43. The van der Waals surface area contributed by atoms with Gasteiger partial charge in [-0.25, -0.2) is 9.67 Å². The quantitative estimate of drug-likeness (QED) is 0.395. The maximum Gasteiger partial charge on any atom is 0.416 e. The molecule has 10 heteroatoms. The Labute approximate surface area is 198 Å². The number of nitrogens with one attached hydrogen (secondary N) is 1. The van der Waals surface area contributed by atoms with Gasteiger partial charge in [-0.05, 0) is 55.3 Å². The summed E-state index contributed by atoms with van der Waals surface area (Å²) in [7, 11) is 1.73. The smallest absolute Gasteiger partial charge is 0.331 e. The summed E-state index contributed by atoms with van der Waals surface area (Å²) in [6.45, 7) is 0. The number of nitrogens with zero attached hydrogens (tertiary/aromatic N) is 4. The standard InChI is InChI=1S/C25H20F3N5O2/c1-32-12-11-29-23(32)22(34)16-7-9-18(10-8-16)31-24(35)20-14-30-33(21(20)15-5-6-15)19-4-2-3-17(13-19)25(26,27)28/h2-4,7-15H,5-6H2,1H3,(H,31,35). The molecule has 0 spiro atoms. The monoisotopic (exact) mass is 479 g/mol. The lowest BCUT2D eigenvalue weighted by atomic mass is 10.1. The summed E-state index contributed by atoms with van der Waals surface area (Å²) in [5.41, 5.74) is 1.26. The highest BCUT2D eigenvalue weighted by atomic mass is 19.4. The summed E-state index contributed by atoms with van der Waals surface area (Å²) in [6.07, 6.45) is 1.77. The summed E-state index contributed by atoms with van der Waals surface area (Å²) < 4.78 is 42.6. The van der Waals surface area contributed by atoms with Gasteiger partial charge in [0.1, 0.15) is 0 Å². The molecular formula is C25H20F3N5O2. The van der Waals surface area contributed by atoms with Crippen molar-refractivity contribution in [1.29, 1.82) is 0 Å². The SMILES string of the molecule is Cn1ccnc1C(=O)c1ccc(NC(=O)c2cnn(-c3cccc(C(F)(F)F)c3)c2C2CC2)cc1. The van der Waals surface area contributed by atoms with Crippen LogP contribution < -0.4 is 5.32 Å². The van der Waals surface area contributed by atoms with E-state index in [0.29, 0.717) is 28.3 Å². The van der Waals surface area contributed by atoms with Gasteiger partial charge in [0.25, 0.3) is 5.91 Å². The van der Waals surface area contributed by atoms with Gasteiger partial charge in [0, 0.05) is 36.6 Å². The van der Waals surface area contributed by atoms with Crippen LogP contribution in [-0.4, -0.2) is 31.0 Å². The number of hydrogen-bond acceptors (Lipinski definition) is 4. The minimum Gasteiger partial charge on any atom is -0.331 e. The van der Waals surface area contributed by atoms with Crippen LogP contribution in [0.2, 0.25) is 0 Å². The predicted molar refractivity (Wildman–Crippen MR) is 122 cm³/mol. The van der Waals surface area contributed by atoms with Crippen molar-refractivity contribution in [3.05, 3.63) is 95.3 Å². The van der Waals surface area contributed by atoms with Crippen LogP contribution in [0.1, 0.15) is 56.6 Å². The third kappa shape index (κ3) is 4.46. The summed E-state index contributed by atoms with van der Waals surface area (Å²) >= 11 is 0. The molecule has 2 aromatic carbocycles. The first-order valence-corrected chi connectivity index (χ1v) is 10.9. The van der Waals surface area contributed by atoms with Gasteiger partial charge >= 0.3 is 6.18 Å². The zero-order valence-electron chi connectivity index (χ0n) is 18.6. The first kappa shape index (κ1) is 22.6. The maximum absolute atomic E-state index is 13.2. The Bertz CT molecular complexity index is 1420. The number of imidazole rings is 1. The first-order valence-electron chi connectivity index (χ1n) is 10.9. The van der Waals surface area contributed by atoms with Gasteiger partial charge in [0.05, 0.1) is 28.7 Å². The molecule has 35 heavy (non-hydrogen) atoms. The number of hydrogen-bond donors (Lipinski definition) is 1. The molecule has 5 rings (SSSR count). The van der Waals surface area contributed by atoms with Crippen LogP contribution in [0.25, 0.3) is 5.69 Å². The van der Waals surface area contributed by atoms with Crippen molar-refractivity contribution in [2.45, 2.75) is 24.9 Å². The van der Waals surface area contributed by atoms with Crippen LogP contribution in [0.5, 0.6) is 0 Å². The second-order valence-electron chi connectivity index (χ2n) is 8.40. The van der Waals surface area contributed by atoms with Crippen molar-refractivity contribution in [1.82, 2.24) is 19.3 Å². The summed E-state index contributed by atoms with van der Waals surface area (Å²) in [4.78, 5) is 29.7. The number of ketones is 1. The zero-order chi connectivity index (χ0) is 24.7. The highest BCUT2D eigenvalue weighted by Gasteiger charge is 2.34. The second kappa shape index (κ2) is 8.53. The number of halogens is 3. The van der Waals surface area contributed by atoms with E-state index in [1.165, 1.54) is 23.0 Å². The topological polar surface area (TPSA) is 81.8 Å².